The van der Waals surface area contributed by atoms with Crippen LogP contribution in [0.4, 0.5) is 0 Å². The van der Waals surface area contributed by atoms with Crippen molar-refractivity contribution in [2.75, 3.05) is 13.1 Å². The maximum Gasteiger partial charge on any atom is 0.306 e. The maximum absolute atomic E-state index is 13.0. The number of rotatable bonds is 40. The van der Waals surface area contributed by atoms with Crippen LogP contribution in [0.2, 0.25) is 0 Å². The molecule has 296 valence electrons. The van der Waals surface area contributed by atoms with Crippen molar-refractivity contribution in [3.8, 4) is 0 Å². The molecule has 0 N–H and O–H groups in total. The van der Waals surface area contributed by atoms with Gasteiger partial charge in [-0.2, -0.15) is 0 Å². The van der Waals surface area contributed by atoms with Gasteiger partial charge in [0.25, 0.3) is 0 Å². The average molecular weight is 714 g/mol. The van der Waals surface area contributed by atoms with Crippen molar-refractivity contribution >= 4 is 17.9 Å². The third-order valence-corrected chi connectivity index (χ3v) is 9.43. The molecule has 0 aliphatic heterocycles. The highest BCUT2D eigenvalue weighted by atomic mass is 16.6. The first-order valence-electron chi connectivity index (χ1n) is 24.0. The Kier molecular flexibility index (Phi) is 31.8. The SMILES string of the molecule is [2H]C([2H])(OC(=O)CCCCCCCCCCCCC)C([2H])(OC(=O)CCCCCCCCCCCC)C([2H])([2H])OC(=O)CCCCCCCCCCCCC. The highest BCUT2D eigenvalue weighted by Crippen LogP contribution is 2.15. The molecule has 0 amide bonds. The van der Waals surface area contributed by atoms with Gasteiger partial charge < -0.3 is 14.2 Å². The normalized spacial score (nSPS) is 13.5. The lowest BCUT2D eigenvalue weighted by atomic mass is 10.1. The van der Waals surface area contributed by atoms with Crippen LogP contribution in [0.25, 0.3) is 0 Å². The van der Waals surface area contributed by atoms with Crippen molar-refractivity contribution in [2.45, 2.75) is 252 Å². The fourth-order valence-corrected chi connectivity index (χ4v) is 6.16. The van der Waals surface area contributed by atoms with E-state index >= 15 is 0 Å². The van der Waals surface area contributed by atoms with E-state index in [0.29, 0.717) is 19.3 Å². The summed E-state index contributed by atoms with van der Waals surface area (Å²) in [5.41, 5.74) is 0. The highest BCUT2D eigenvalue weighted by Gasteiger charge is 2.19. The monoisotopic (exact) mass is 714 g/mol. The quantitative estimate of drug-likeness (QED) is 0.0357. The smallest absolute Gasteiger partial charge is 0.306 e. The summed E-state index contributed by atoms with van der Waals surface area (Å²) in [6.07, 6.45) is 30.2. The summed E-state index contributed by atoms with van der Waals surface area (Å²) >= 11 is 0. The molecule has 0 rings (SSSR count). The second-order valence-corrected chi connectivity index (χ2v) is 14.5. The molecular formula is C44H84O6. The van der Waals surface area contributed by atoms with Crippen molar-refractivity contribution in [3.05, 3.63) is 0 Å². The molecule has 0 aliphatic carbocycles. The van der Waals surface area contributed by atoms with Crippen LogP contribution in [0.3, 0.4) is 0 Å². The minimum Gasteiger partial charge on any atom is -0.462 e. The van der Waals surface area contributed by atoms with Gasteiger partial charge in [-0.25, -0.2) is 0 Å². The summed E-state index contributed by atoms with van der Waals surface area (Å²) in [4.78, 5) is 38.5. The van der Waals surface area contributed by atoms with Gasteiger partial charge in [-0.05, 0) is 19.3 Å². The number of carbonyl (C=O) groups excluding carboxylic acids is 3. The molecule has 0 saturated heterocycles. The van der Waals surface area contributed by atoms with Gasteiger partial charge in [0.2, 0.25) is 0 Å². The van der Waals surface area contributed by atoms with Gasteiger partial charge in [0.1, 0.15) is 13.1 Å². The molecule has 0 aromatic carbocycles. The van der Waals surface area contributed by atoms with Gasteiger partial charge in [0.15, 0.2) is 6.08 Å². The minimum atomic E-state index is -3.48. The van der Waals surface area contributed by atoms with E-state index in [2.05, 4.69) is 20.8 Å². The fraction of sp³-hybridized carbons (Fsp3) is 0.932. The van der Waals surface area contributed by atoms with E-state index in [-0.39, 0.29) is 19.3 Å². The molecule has 0 aromatic rings. The summed E-state index contributed by atoms with van der Waals surface area (Å²) < 4.78 is 58.3. The zero-order chi connectivity index (χ0) is 41.1. The molecule has 0 bridgehead atoms. The predicted molar refractivity (Wildman–Crippen MR) is 210 cm³/mol. The Bertz CT molecular complexity index is 896. The Morgan fingerprint density at radius 3 is 0.860 bits per heavy atom. The Morgan fingerprint density at radius 2 is 0.600 bits per heavy atom. The Hall–Kier alpha value is -1.59. The van der Waals surface area contributed by atoms with Gasteiger partial charge in [-0.15, -0.1) is 0 Å². The molecule has 0 atom stereocenters. The average Bonchev–Trinajstić information content (AvgIpc) is 3.13. The van der Waals surface area contributed by atoms with Crippen LogP contribution in [-0.2, 0) is 28.6 Å². The summed E-state index contributed by atoms with van der Waals surface area (Å²) in [5.74, 6) is -2.94. The van der Waals surface area contributed by atoms with Crippen molar-refractivity contribution in [1.29, 1.82) is 0 Å². The van der Waals surface area contributed by atoms with Crippen LogP contribution < -0.4 is 0 Å². The molecule has 0 saturated carbocycles. The van der Waals surface area contributed by atoms with Crippen LogP contribution in [-0.4, -0.2) is 37.1 Å². The zero-order valence-electron chi connectivity index (χ0n) is 38.2. The van der Waals surface area contributed by atoms with Crippen LogP contribution in [0.5, 0.6) is 0 Å². The van der Waals surface area contributed by atoms with E-state index < -0.39 is 37.1 Å². The highest BCUT2D eigenvalue weighted by molar-refractivity contribution is 5.71. The lowest BCUT2D eigenvalue weighted by Gasteiger charge is -2.18. The van der Waals surface area contributed by atoms with Gasteiger partial charge >= 0.3 is 17.9 Å². The zero-order valence-corrected chi connectivity index (χ0v) is 33.2. The van der Waals surface area contributed by atoms with E-state index in [4.69, 9.17) is 21.1 Å². The molecule has 0 radical (unpaired) electrons. The first-order valence-corrected chi connectivity index (χ1v) is 21.5. The second-order valence-electron chi connectivity index (χ2n) is 14.5. The molecule has 50 heavy (non-hydrogen) atoms. The van der Waals surface area contributed by atoms with Gasteiger partial charge in [0, 0.05) is 19.3 Å². The summed E-state index contributed by atoms with van der Waals surface area (Å²) in [6, 6.07) is 0. The number of ether oxygens (including phenoxy) is 3. The first kappa shape index (κ1) is 39.6. The second kappa shape index (κ2) is 40.2. The molecule has 0 spiro atoms. The minimum absolute atomic E-state index is 0.124. The lowest BCUT2D eigenvalue weighted by Crippen LogP contribution is -2.30. The van der Waals surface area contributed by atoms with Crippen LogP contribution >= 0.6 is 0 Å². The molecule has 0 unspecified atom stereocenters. The summed E-state index contributed by atoms with van der Waals surface area (Å²) in [5, 5.41) is 0. The van der Waals surface area contributed by atoms with E-state index in [1.165, 1.54) is 109 Å². The lowest BCUT2D eigenvalue weighted by molar-refractivity contribution is -0.167. The Morgan fingerprint density at radius 1 is 0.380 bits per heavy atom. The maximum atomic E-state index is 13.0. The fourth-order valence-electron chi connectivity index (χ4n) is 6.16. The molecule has 6 nitrogen and oxygen atoms in total. The van der Waals surface area contributed by atoms with Crippen molar-refractivity contribution in [2.24, 2.45) is 0 Å². The number of hydrogen-bond acceptors (Lipinski definition) is 6. The van der Waals surface area contributed by atoms with E-state index in [0.717, 1.165) is 77.0 Å². The van der Waals surface area contributed by atoms with Gasteiger partial charge in [-0.3, -0.25) is 14.4 Å². The van der Waals surface area contributed by atoms with Crippen LogP contribution in [0.1, 0.15) is 252 Å². The number of unbranched alkanes of at least 4 members (excludes halogenated alkanes) is 29. The predicted octanol–water partition coefficient (Wildman–Crippen LogP) is 13.7. The van der Waals surface area contributed by atoms with Crippen LogP contribution in [0.15, 0.2) is 0 Å². The van der Waals surface area contributed by atoms with E-state index in [9.17, 15) is 14.4 Å². The van der Waals surface area contributed by atoms with Crippen molar-refractivity contribution < 1.29 is 35.4 Å². The van der Waals surface area contributed by atoms with Crippen molar-refractivity contribution in [3.63, 3.8) is 0 Å². The van der Waals surface area contributed by atoms with Crippen molar-refractivity contribution in [1.82, 2.24) is 0 Å². The largest absolute Gasteiger partial charge is 0.462 e. The topological polar surface area (TPSA) is 78.9 Å². The van der Waals surface area contributed by atoms with E-state index in [1.807, 2.05) is 0 Å². The molecular weight excluding hydrogens is 624 g/mol. The Labute approximate surface area is 317 Å². The molecule has 0 aromatic heterocycles. The molecule has 0 aliphatic rings. The number of esters is 3. The number of carbonyl (C=O) groups is 3. The van der Waals surface area contributed by atoms with E-state index in [1.54, 1.807) is 0 Å². The standard InChI is InChI=1S/C44H84O6/c1-4-7-10-13-16-19-22-25-27-30-33-36-42(45)48-39-41(50-44(47)38-35-32-29-24-21-18-15-12-9-6-3)40-49-43(46)37-34-31-28-26-23-20-17-14-11-8-5-2/h41H,4-40H2,1-3H3/i39D2,40D2,41D. The third kappa shape index (κ3) is 37.7. The molecule has 0 heterocycles. The first-order chi connectivity index (χ1) is 26.4. The Balaban J connectivity index is 5.10. The molecule has 0 fully saturated rings. The van der Waals surface area contributed by atoms with Crippen LogP contribution in [0, 0.1) is 0 Å². The van der Waals surface area contributed by atoms with Gasteiger partial charge in [0.05, 0.1) is 6.85 Å². The molecule has 6 heteroatoms. The third-order valence-electron chi connectivity index (χ3n) is 9.43. The summed E-state index contributed by atoms with van der Waals surface area (Å²) in [6.45, 7) is -0.264. The summed E-state index contributed by atoms with van der Waals surface area (Å²) in [7, 11) is 0. The number of hydrogen-bond donors (Lipinski definition) is 0. The van der Waals surface area contributed by atoms with Gasteiger partial charge in [-0.1, -0.05) is 207 Å².